The van der Waals surface area contributed by atoms with E-state index in [1.54, 1.807) is 6.07 Å². The van der Waals surface area contributed by atoms with Gasteiger partial charge in [0.1, 0.15) is 5.75 Å². The average Bonchev–Trinajstić information content (AvgIpc) is 2.80. The monoisotopic (exact) mass is 259 g/mol. The standard InChI is InChI=1S/C17H25NO/c1-16(2)13-7-8-17(3,10-13)15(16)18-11-12-5-4-6-14(19)9-12/h4-6,9,13,15,18-19H,7-8,10-11H2,1-3H3. The van der Waals surface area contributed by atoms with Crippen LogP contribution in [0.2, 0.25) is 0 Å². The van der Waals surface area contributed by atoms with Crippen molar-refractivity contribution < 1.29 is 5.11 Å². The van der Waals surface area contributed by atoms with Crippen LogP contribution in [-0.4, -0.2) is 11.1 Å². The van der Waals surface area contributed by atoms with Crippen LogP contribution in [-0.2, 0) is 6.54 Å². The van der Waals surface area contributed by atoms with Crippen LogP contribution in [0.5, 0.6) is 5.75 Å². The molecule has 1 aromatic carbocycles. The molecule has 2 saturated carbocycles. The number of nitrogens with one attached hydrogen (secondary N) is 1. The summed E-state index contributed by atoms with van der Waals surface area (Å²) in [6, 6.07) is 8.16. The largest absolute Gasteiger partial charge is 0.508 e. The van der Waals surface area contributed by atoms with Crippen LogP contribution in [0.3, 0.4) is 0 Å². The van der Waals surface area contributed by atoms with Gasteiger partial charge in [0.2, 0.25) is 0 Å². The van der Waals surface area contributed by atoms with Crippen LogP contribution in [0.4, 0.5) is 0 Å². The summed E-state index contributed by atoms with van der Waals surface area (Å²) in [4.78, 5) is 0. The maximum atomic E-state index is 9.54. The summed E-state index contributed by atoms with van der Waals surface area (Å²) in [5, 5.41) is 13.3. The quantitative estimate of drug-likeness (QED) is 0.867. The number of phenolic OH excluding ortho intramolecular Hbond substituents is 1. The third-order valence-corrected chi connectivity index (χ3v) is 5.69. The van der Waals surface area contributed by atoms with Crippen molar-refractivity contribution in [1.82, 2.24) is 5.32 Å². The Labute approximate surface area is 116 Å². The Bertz CT molecular complexity index is 477. The highest BCUT2D eigenvalue weighted by molar-refractivity contribution is 5.27. The molecule has 3 rings (SSSR count). The summed E-state index contributed by atoms with van der Waals surface area (Å²) in [6.45, 7) is 8.14. The lowest BCUT2D eigenvalue weighted by molar-refractivity contribution is 0.108. The molecule has 1 aromatic rings. The zero-order valence-electron chi connectivity index (χ0n) is 12.2. The van der Waals surface area contributed by atoms with E-state index in [0.717, 1.165) is 12.5 Å². The lowest BCUT2D eigenvalue weighted by atomic mass is 9.68. The van der Waals surface area contributed by atoms with Gasteiger partial charge in [0, 0.05) is 12.6 Å². The smallest absolute Gasteiger partial charge is 0.115 e. The van der Waals surface area contributed by atoms with Crippen molar-refractivity contribution in [3.63, 3.8) is 0 Å². The van der Waals surface area contributed by atoms with Gasteiger partial charge < -0.3 is 10.4 Å². The fourth-order valence-corrected chi connectivity index (χ4v) is 4.70. The highest BCUT2D eigenvalue weighted by atomic mass is 16.3. The molecule has 2 heteroatoms. The van der Waals surface area contributed by atoms with E-state index < -0.39 is 0 Å². The maximum absolute atomic E-state index is 9.54. The SMILES string of the molecule is CC12CCC(C1)C(C)(C)C2NCc1cccc(O)c1. The van der Waals surface area contributed by atoms with E-state index in [9.17, 15) is 5.11 Å². The van der Waals surface area contributed by atoms with Gasteiger partial charge in [0.25, 0.3) is 0 Å². The van der Waals surface area contributed by atoms with Gasteiger partial charge in [0.15, 0.2) is 0 Å². The van der Waals surface area contributed by atoms with Gasteiger partial charge in [-0.3, -0.25) is 0 Å². The van der Waals surface area contributed by atoms with E-state index in [-0.39, 0.29) is 0 Å². The first-order valence-corrected chi connectivity index (χ1v) is 7.43. The third kappa shape index (κ3) is 2.06. The summed E-state index contributed by atoms with van der Waals surface area (Å²) < 4.78 is 0. The average molecular weight is 259 g/mol. The molecule has 2 aliphatic rings. The van der Waals surface area contributed by atoms with E-state index >= 15 is 0 Å². The topological polar surface area (TPSA) is 32.3 Å². The number of hydrogen-bond donors (Lipinski definition) is 2. The molecule has 0 heterocycles. The molecule has 2 bridgehead atoms. The Morgan fingerprint density at radius 1 is 1.32 bits per heavy atom. The minimum atomic E-state index is 0.359. The number of benzene rings is 1. The van der Waals surface area contributed by atoms with Gasteiger partial charge >= 0.3 is 0 Å². The first-order chi connectivity index (χ1) is 8.92. The fourth-order valence-electron chi connectivity index (χ4n) is 4.70. The molecule has 0 saturated heterocycles. The van der Waals surface area contributed by atoms with Crippen molar-refractivity contribution in [2.24, 2.45) is 16.7 Å². The second kappa shape index (κ2) is 4.24. The van der Waals surface area contributed by atoms with E-state index in [1.807, 2.05) is 12.1 Å². The second-order valence-corrected chi connectivity index (χ2v) is 7.40. The summed E-state index contributed by atoms with van der Waals surface area (Å²) in [5.41, 5.74) is 2.02. The van der Waals surface area contributed by atoms with E-state index in [1.165, 1.54) is 24.8 Å². The zero-order valence-corrected chi connectivity index (χ0v) is 12.2. The predicted octanol–water partition coefficient (Wildman–Crippen LogP) is 3.70. The molecule has 0 aliphatic heterocycles. The Morgan fingerprint density at radius 2 is 2.11 bits per heavy atom. The first-order valence-electron chi connectivity index (χ1n) is 7.43. The minimum Gasteiger partial charge on any atom is -0.508 e. The highest BCUT2D eigenvalue weighted by Gasteiger charge is 2.58. The molecule has 0 aromatic heterocycles. The molecule has 2 fully saturated rings. The molecule has 2 N–H and O–H groups in total. The summed E-state index contributed by atoms with van der Waals surface area (Å²) >= 11 is 0. The van der Waals surface area contributed by atoms with Crippen molar-refractivity contribution >= 4 is 0 Å². The predicted molar refractivity (Wildman–Crippen MR) is 78.0 cm³/mol. The van der Waals surface area contributed by atoms with Crippen molar-refractivity contribution in [2.45, 2.75) is 52.6 Å². The Balaban J connectivity index is 1.73. The van der Waals surface area contributed by atoms with Crippen LogP contribution in [0.25, 0.3) is 0 Å². The van der Waals surface area contributed by atoms with E-state index in [0.29, 0.717) is 22.6 Å². The number of fused-ring (bicyclic) bond motifs is 2. The number of aromatic hydroxyl groups is 1. The number of phenols is 1. The summed E-state index contributed by atoms with van der Waals surface area (Å²) in [5.74, 6) is 1.23. The summed E-state index contributed by atoms with van der Waals surface area (Å²) in [7, 11) is 0. The van der Waals surface area contributed by atoms with Gasteiger partial charge in [-0.1, -0.05) is 32.9 Å². The second-order valence-electron chi connectivity index (χ2n) is 7.40. The lowest BCUT2D eigenvalue weighted by Gasteiger charge is -2.43. The molecule has 3 atom stereocenters. The van der Waals surface area contributed by atoms with Crippen LogP contribution >= 0.6 is 0 Å². The van der Waals surface area contributed by atoms with E-state index in [2.05, 4.69) is 32.2 Å². The maximum Gasteiger partial charge on any atom is 0.115 e. The van der Waals surface area contributed by atoms with Crippen LogP contribution in [0, 0.1) is 16.7 Å². The Hall–Kier alpha value is -1.02. The number of rotatable bonds is 3. The summed E-state index contributed by atoms with van der Waals surface area (Å²) in [6.07, 6.45) is 4.13. The Morgan fingerprint density at radius 3 is 2.74 bits per heavy atom. The molecule has 2 nitrogen and oxygen atoms in total. The zero-order chi connectivity index (χ0) is 13.7. The first kappa shape index (κ1) is 13.0. The number of hydrogen-bond acceptors (Lipinski definition) is 2. The fraction of sp³-hybridized carbons (Fsp3) is 0.647. The van der Waals surface area contributed by atoms with Gasteiger partial charge in [-0.15, -0.1) is 0 Å². The van der Waals surface area contributed by atoms with Crippen molar-refractivity contribution in [3.8, 4) is 5.75 Å². The molecule has 104 valence electrons. The van der Waals surface area contributed by atoms with Crippen molar-refractivity contribution in [1.29, 1.82) is 0 Å². The molecular weight excluding hydrogens is 234 g/mol. The van der Waals surface area contributed by atoms with Crippen LogP contribution < -0.4 is 5.32 Å². The van der Waals surface area contributed by atoms with Gasteiger partial charge in [-0.2, -0.15) is 0 Å². The van der Waals surface area contributed by atoms with Gasteiger partial charge in [-0.05, 0) is 53.7 Å². The molecule has 2 aliphatic carbocycles. The van der Waals surface area contributed by atoms with Crippen molar-refractivity contribution in [2.75, 3.05) is 0 Å². The van der Waals surface area contributed by atoms with Crippen molar-refractivity contribution in [3.05, 3.63) is 29.8 Å². The minimum absolute atomic E-state index is 0.359. The normalized spacial score (nSPS) is 35.7. The third-order valence-electron chi connectivity index (χ3n) is 5.69. The highest BCUT2D eigenvalue weighted by Crippen LogP contribution is 2.62. The molecule has 0 spiro atoms. The van der Waals surface area contributed by atoms with Gasteiger partial charge in [-0.25, -0.2) is 0 Å². The van der Waals surface area contributed by atoms with Crippen LogP contribution in [0.1, 0.15) is 45.6 Å². The van der Waals surface area contributed by atoms with Gasteiger partial charge in [0.05, 0.1) is 0 Å². The lowest BCUT2D eigenvalue weighted by Crippen LogP contribution is -2.49. The molecule has 3 unspecified atom stereocenters. The molecule has 19 heavy (non-hydrogen) atoms. The molecular formula is C17H25NO. The molecule has 0 radical (unpaired) electrons. The van der Waals surface area contributed by atoms with E-state index in [4.69, 9.17) is 0 Å². The molecule has 0 amide bonds. The Kier molecular flexibility index (Phi) is 2.90. The van der Waals surface area contributed by atoms with Crippen LogP contribution in [0.15, 0.2) is 24.3 Å².